The molecule has 0 spiro atoms. The van der Waals surface area contributed by atoms with Gasteiger partial charge in [0.05, 0.1) is 6.61 Å². The maximum absolute atomic E-state index is 11.3. The van der Waals surface area contributed by atoms with Crippen LogP contribution in [0.4, 0.5) is 0 Å². The van der Waals surface area contributed by atoms with Gasteiger partial charge in [0.15, 0.2) is 0 Å². The van der Waals surface area contributed by atoms with Crippen LogP contribution >= 0.6 is 0 Å². The lowest BCUT2D eigenvalue weighted by atomic mass is 10.0. The predicted octanol–water partition coefficient (Wildman–Crippen LogP) is 3.29. The maximum atomic E-state index is 11.3. The number of pyridine rings is 2. The molecule has 0 aliphatic rings. The van der Waals surface area contributed by atoms with E-state index in [0.29, 0.717) is 13.2 Å². The van der Waals surface area contributed by atoms with Crippen molar-refractivity contribution in [2.24, 2.45) is 0 Å². The molecule has 2 aromatic rings. The van der Waals surface area contributed by atoms with Gasteiger partial charge < -0.3 is 20.4 Å². The molecule has 158 valence electrons. The zero-order valence-corrected chi connectivity index (χ0v) is 17.4. The van der Waals surface area contributed by atoms with Crippen molar-refractivity contribution in [1.82, 2.24) is 20.6 Å². The second-order valence-electron chi connectivity index (χ2n) is 6.40. The molecule has 3 N–H and O–H groups in total. The number of hydrogen-bond donors (Lipinski definition) is 3. The molecule has 0 aromatic carbocycles. The van der Waals surface area contributed by atoms with Crippen LogP contribution in [0.3, 0.4) is 0 Å². The van der Waals surface area contributed by atoms with Crippen molar-refractivity contribution in [3.63, 3.8) is 0 Å². The van der Waals surface area contributed by atoms with Gasteiger partial charge in [-0.25, -0.2) is 0 Å². The number of rotatable bonds is 13. The summed E-state index contributed by atoms with van der Waals surface area (Å²) in [7, 11) is 0. The van der Waals surface area contributed by atoms with Gasteiger partial charge >= 0.3 is 0 Å². The third-order valence-corrected chi connectivity index (χ3v) is 4.18. The lowest BCUT2D eigenvalue weighted by Gasteiger charge is -2.06. The van der Waals surface area contributed by atoms with Crippen molar-refractivity contribution in [1.29, 1.82) is 0 Å². The number of H-pyrrole nitrogens is 1. The second kappa shape index (κ2) is 13.9. The number of nitrogens with one attached hydrogen (secondary N) is 3. The molecule has 0 bridgehead atoms. The van der Waals surface area contributed by atoms with Gasteiger partial charge in [-0.2, -0.15) is 0 Å². The van der Waals surface area contributed by atoms with Crippen LogP contribution in [0.15, 0.2) is 84.2 Å². The molecular weight excluding hydrogens is 376 g/mol. The molecule has 0 saturated heterocycles. The molecule has 0 aliphatic heterocycles. The van der Waals surface area contributed by atoms with Crippen molar-refractivity contribution in [3.05, 3.63) is 95.4 Å². The first-order valence-corrected chi connectivity index (χ1v) is 10.0. The summed E-state index contributed by atoms with van der Waals surface area (Å²) in [6.45, 7) is 9.49. The van der Waals surface area contributed by atoms with E-state index in [9.17, 15) is 4.79 Å². The predicted molar refractivity (Wildman–Crippen MR) is 124 cm³/mol. The van der Waals surface area contributed by atoms with Crippen LogP contribution in [-0.2, 0) is 4.74 Å². The van der Waals surface area contributed by atoms with Crippen LogP contribution in [0.2, 0.25) is 0 Å². The van der Waals surface area contributed by atoms with E-state index in [0.717, 1.165) is 42.0 Å². The van der Waals surface area contributed by atoms with Gasteiger partial charge in [0, 0.05) is 56.5 Å². The number of aromatic amines is 1. The Morgan fingerprint density at radius 2 is 2.23 bits per heavy atom. The Balaban J connectivity index is 1.86. The number of aromatic nitrogens is 2. The Morgan fingerprint density at radius 1 is 1.33 bits per heavy atom. The van der Waals surface area contributed by atoms with Crippen molar-refractivity contribution >= 4 is 6.08 Å². The van der Waals surface area contributed by atoms with Crippen molar-refractivity contribution in [2.45, 2.75) is 6.92 Å². The van der Waals surface area contributed by atoms with Crippen LogP contribution in [0.1, 0.15) is 12.5 Å². The lowest BCUT2D eigenvalue weighted by molar-refractivity contribution is 0.150. The van der Waals surface area contributed by atoms with Crippen molar-refractivity contribution in [3.8, 4) is 11.1 Å². The smallest absolute Gasteiger partial charge is 0.247 e. The first-order chi connectivity index (χ1) is 14.7. The van der Waals surface area contributed by atoms with Crippen LogP contribution < -0.4 is 16.2 Å². The van der Waals surface area contributed by atoms with Gasteiger partial charge in [-0.1, -0.05) is 30.9 Å². The Bertz CT molecular complexity index is 908. The van der Waals surface area contributed by atoms with E-state index in [1.807, 2.05) is 31.3 Å². The normalized spacial score (nSPS) is 12.0. The third-order valence-electron chi connectivity index (χ3n) is 4.18. The number of hydrogen-bond acceptors (Lipinski definition) is 5. The molecule has 2 rings (SSSR count). The highest BCUT2D eigenvalue weighted by Gasteiger charge is 2.02. The van der Waals surface area contributed by atoms with E-state index in [-0.39, 0.29) is 5.56 Å². The highest BCUT2D eigenvalue weighted by atomic mass is 16.5. The summed E-state index contributed by atoms with van der Waals surface area (Å²) in [5, 5.41) is 6.60. The Kier molecular flexibility index (Phi) is 10.7. The fourth-order valence-electron chi connectivity index (χ4n) is 2.72. The third kappa shape index (κ3) is 8.43. The van der Waals surface area contributed by atoms with Crippen LogP contribution in [0, 0.1) is 0 Å². The maximum Gasteiger partial charge on any atom is 0.247 e. The summed E-state index contributed by atoms with van der Waals surface area (Å²) in [4.78, 5) is 18.2. The summed E-state index contributed by atoms with van der Waals surface area (Å²) >= 11 is 0. The molecule has 30 heavy (non-hydrogen) atoms. The second-order valence-corrected chi connectivity index (χ2v) is 6.40. The minimum Gasteiger partial charge on any atom is -0.387 e. The molecule has 0 fully saturated rings. The molecule has 0 aliphatic carbocycles. The Labute approximate surface area is 178 Å². The van der Waals surface area contributed by atoms with E-state index in [4.69, 9.17) is 4.74 Å². The minimum atomic E-state index is -0.118. The number of nitrogens with zero attached hydrogens (tertiary/aromatic N) is 1. The quantitative estimate of drug-likeness (QED) is 0.351. The first kappa shape index (κ1) is 23.1. The molecule has 6 heteroatoms. The standard InChI is InChI=1S/C24H30N4O2/c1-3-6-20(17-27-15-16-30-4-2)7-5-12-25-13-10-22-18-26-14-11-23(22)21-8-9-24(29)28-19-21/h3,5-11,13-14,18-19,25,27H,1,4,12,15-17H2,2H3,(H,28,29)/b7-5-,13-10+,20-6+. The molecule has 6 nitrogen and oxygen atoms in total. The molecule has 2 aromatic heterocycles. The summed E-state index contributed by atoms with van der Waals surface area (Å²) in [6, 6.07) is 5.25. The average Bonchev–Trinajstić information content (AvgIpc) is 2.76. The van der Waals surface area contributed by atoms with E-state index in [1.165, 1.54) is 6.07 Å². The molecule has 2 heterocycles. The number of allylic oxidation sites excluding steroid dienone is 2. The van der Waals surface area contributed by atoms with Gasteiger partial charge in [-0.15, -0.1) is 0 Å². The van der Waals surface area contributed by atoms with E-state index >= 15 is 0 Å². The van der Waals surface area contributed by atoms with E-state index in [2.05, 4.69) is 39.3 Å². The van der Waals surface area contributed by atoms with Crippen LogP contribution in [0.25, 0.3) is 17.2 Å². The van der Waals surface area contributed by atoms with Gasteiger partial charge in [0.1, 0.15) is 0 Å². The fraction of sp³-hybridized carbons (Fsp3) is 0.250. The van der Waals surface area contributed by atoms with Gasteiger partial charge in [0.25, 0.3) is 0 Å². The van der Waals surface area contributed by atoms with Gasteiger partial charge in [-0.3, -0.25) is 9.78 Å². The molecular formula is C24H30N4O2. The van der Waals surface area contributed by atoms with E-state index in [1.54, 1.807) is 30.7 Å². The summed E-state index contributed by atoms with van der Waals surface area (Å²) in [5.41, 5.74) is 3.94. The van der Waals surface area contributed by atoms with Crippen molar-refractivity contribution in [2.75, 3.05) is 32.8 Å². The van der Waals surface area contributed by atoms with Gasteiger partial charge in [0.2, 0.25) is 5.56 Å². The van der Waals surface area contributed by atoms with Crippen LogP contribution in [-0.4, -0.2) is 42.8 Å². The zero-order chi connectivity index (χ0) is 21.4. The van der Waals surface area contributed by atoms with E-state index < -0.39 is 0 Å². The molecule has 0 saturated carbocycles. The molecule has 0 atom stereocenters. The summed E-state index contributed by atoms with van der Waals surface area (Å²) in [6.07, 6.45) is 17.0. The fourth-order valence-corrected chi connectivity index (χ4v) is 2.72. The monoisotopic (exact) mass is 406 g/mol. The summed E-state index contributed by atoms with van der Waals surface area (Å²) in [5.74, 6) is 0. The largest absolute Gasteiger partial charge is 0.387 e. The molecule has 0 radical (unpaired) electrons. The molecule has 0 unspecified atom stereocenters. The number of ether oxygens (including phenoxy) is 1. The highest BCUT2D eigenvalue weighted by Crippen LogP contribution is 2.22. The van der Waals surface area contributed by atoms with Crippen molar-refractivity contribution < 1.29 is 4.74 Å². The zero-order valence-electron chi connectivity index (χ0n) is 17.4. The SMILES string of the molecule is C=C/C=C(\C=C/CN/C=C/c1cnccc1-c1ccc(=O)[nH]c1)CNCCOCC. The lowest BCUT2D eigenvalue weighted by Crippen LogP contribution is -2.21. The molecule has 0 amide bonds. The average molecular weight is 407 g/mol. The van der Waals surface area contributed by atoms with Gasteiger partial charge in [-0.05, 0) is 48.0 Å². The minimum absolute atomic E-state index is 0.118. The Hall–Kier alpha value is -3.22. The highest BCUT2D eigenvalue weighted by molar-refractivity contribution is 5.73. The Morgan fingerprint density at radius 3 is 3.00 bits per heavy atom. The first-order valence-electron chi connectivity index (χ1n) is 10.0. The topological polar surface area (TPSA) is 79.0 Å². The summed E-state index contributed by atoms with van der Waals surface area (Å²) < 4.78 is 5.32. The van der Waals surface area contributed by atoms with Crippen LogP contribution in [0.5, 0.6) is 0 Å².